The fraction of sp³-hybridized carbons (Fsp3) is 0.176. The predicted octanol–water partition coefficient (Wildman–Crippen LogP) is 3.67. The quantitative estimate of drug-likeness (QED) is 0.556. The molecule has 0 saturated heterocycles. The molecule has 0 radical (unpaired) electrons. The maximum atomic E-state index is 12.3. The highest BCUT2D eigenvalue weighted by Crippen LogP contribution is 2.28. The van der Waals surface area contributed by atoms with Gasteiger partial charge in [-0.1, -0.05) is 23.2 Å². The number of carbonyl (C=O) groups is 2. The molecule has 142 valence electrons. The Morgan fingerprint density at radius 3 is 2.52 bits per heavy atom. The molecule has 8 nitrogen and oxygen atoms in total. The second-order valence-corrected chi connectivity index (χ2v) is 6.30. The van der Waals surface area contributed by atoms with Gasteiger partial charge in [-0.05, 0) is 37.3 Å². The number of rotatable bonds is 6. The van der Waals surface area contributed by atoms with Crippen molar-refractivity contribution in [2.75, 3.05) is 12.4 Å². The summed E-state index contributed by atoms with van der Waals surface area (Å²) in [5.74, 6) is -0.776. The Hall–Kier alpha value is -2.84. The highest BCUT2D eigenvalue weighted by Gasteiger charge is 2.21. The van der Waals surface area contributed by atoms with E-state index < -0.39 is 28.5 Å². The first-order valence-electron chi connectivity index (χ1n) is 7.62. The predicted molar refractivity (Wildman–Crippen MR) is 102 cm³/mol. The molecule has 2 aromatic carbocycles. The third-order valence-corrected chi connectivity index (χ3v) is 4.12. The van der Waals surface area contributed by atoms with Gasteiger partial charge in [0.05, 0.1) is 17.7 Å². The number of hydrogen-bond acceptors (Lipinski definition) is 5. The zero-order chi connectivity index (χ0) is 20.1. The van der Waals surface area contributed by atoms with Crippen molar-refractivity contribution in [2.45, 2.75) is 13.0 Å². The number of nitrogens with one attached hydrogen (secondary N) is 2. The molecule has 0 aromatic heterocycles. The average Bonchev–Trinajstić information content (AvgIpc) is 2.61. The Labute approximate surface area is 164 Å². The largest absolute Gasteiger partial charge is 0.495 e. The van der Waals surface area contributed by atoms with Crippen LogP contribution in [0.3, 0.4) is 0 Å². The lowest BCUT2D eigenvalue weighted by molar-refractivity contribution is -0.384. The number of hydrogen-bond donors (Lipinski definition) is 2. The van der Waals surface area contributed by atoms with Crippen molar-refractivity contribution >= 4 is 46.4 Å². The Bertz CT molecular complexity index is 904. The fourth-order valence-corrected chi connectivity index (χ4v) is 2.52. The Morgan fingerprint density at radius 2 is 1.89 bits per heavy atom. The minimum atomic E-state index is -0.934. The summed E-state index contributed by atoms with van der Waals surface area (Å²) in [5, 5.41) is 16.3. The molecule has 1 atom stereocenters. The standard InChI is InChI=1S/C17H15Cl2N3O5/c1-9(16(23)21-13-8-11(18)4-6-15(13)27-2)20-17(24)10-3-5-12(19)14(7-10)22(25)26/h3-9H,1-2H3,(H,20,24)(H,21,23)/t9-/m0/s1. The summed E-state index contributed by atoms with van der Waals surface area (Å²) in [6, 6.07) is 7.39. The molecule has 2 amide bonds. The van der Waals surface area contributed by atoms with Crippen molar-refractivity contribution in [3.05, 3.63) is 62.1 Å². The molecule has 2 rings (SSSR count). The number of nitro benzene ring substituents is 1. The second kappa shape index (κ2) is 8.70. The number of amides is 2. The van der Waals surface area contributed by atoms with Gasteiger partial charge in [0.15, 0.2) is 0 Å². The molecule has 2 aromatic rings. The van der Waals surface area contributed by atoms with E-state index in [1.165, 1.54) is 32.2 Å². The number of nitrogens with zero attached hydrogens (tertiary/aromatic N) is 1. The van der Waals surface area contributed by atoms with E-state index in [0.29, 0.717) is 16.5 Å². The summed E-state index contributed by atoms with van der Waals surface area (Å²) in [5.41, 5.74) is -0.0469. The zero-order valence-corrected chi connectivity index (χ0v) is 15.8. The third-order valence-electron chi connectivity index (χ3n) is 3.57. The minimum Gasteiger partial charge on any atom is -0.495 e. The van der Waals surface area contributed by atoms with Crippen LogP contribution in [0.4, 0.5) is 11.4 Å². The van der Waals surface area contributed by atoms with Crippen molar-refractivity contribution in [3.63, 3.8) is 0 Å². The topological polar surface area (TPSA) is 111 Å². The van der Waals surface area contributed by atoms with E-state index in [0.717, 1.165) is 6.07 Å². The monoisotopic (exact) mass is 411 g/mol. The van der Waals surface area contributed by atoms with Gasteiger partial charge in [0.1, 0.15) is 16.8 Å². The smallest absolute Gasteiger partial charge is 0.288 e. The second-order valence-electron chi connectivity index (χ2n) is 5.45. The Balaban J connectivity index is 2.10. The number of ether oxygens (including phenoxy) is 1. The fourth-order valence-electron chi connectivity index (χ4n) is 2.16. The number of halogens is 2. The third kappa shape index (κ3) is 5.08. The molecule has 0 heterocycles. The lowest BCUT2D eigenvalue weighted by Crippen LogP contribution is -2.41. The number of carbonyl (C=O) groups excluding carboxylic acids is 2. The highest BCUT2D eigenvalue weighted by molar-refractivity contribution is 6.32. The number of nitro groups is 1. The first-order chi connectivity index (χ1) is 12.7. The summed E-state index contributed by atoms with van der Waals surface area (Å²) in [7, 11) is 1.44. The van der Waals surface area contributed by atoms with Crippen molar-refractivity contribution < 1.29 is 19.2 Å². The van der Waals surface area contributed by atoms with Crippen LogP contribution in [-0.2, 0) is 4.79 Å². The van der Waals surface area contributed by atoms with Gasteiger partial charge in [0.2, 0.25) is 5.91 Å². The molecule has 0 saturated carbocycles. The van der Waals surface area contributed by atoms with Crippen LogP contribution >= 0.6 is 23.2 Å². The van der Waals surface area contributed by atoms with Gasteiger partial charge in [-0.15, -0.1) is 0 Å². The van der Waals surface area contributed by atoms with Crippen LogP contribution in [0.1, 0.15) is 17.3 Å². The van der Waals surface area contributed by atoms with Gasteiger partial charge in [-0.3, -0.25) is 19.7 Å². The molecular formula is C17H15Cl2N3O5. The summed E-state index contributed by atoms with van der Waals surface area (Å²) in [4.78, 5) is 34.8. The van der Waals surface area contributed by atoms with E-state index >= 15 is 0 Å². The molecule has 27 heavy (non-hydrogen) atoms. The normalized spacial score (nSPS) is 11.4. The van der Waals surface area contributed by atoms with Crippen LogP contribution in [0.25, 0.3) is 0 Å². The van der Waals surface area contributed by atoms with Gasteiger partial charge in [-0.25, -0.2) is 0 Å². The van der Waals surface area contributed by atoms with Gasteiger partial charge in [0.25, 0.3) is 11.6 Å². The molecule has 10 heteroatoms. The van der Waals surface area contributed by atoms with E-state index in [1.54, 1.807) is 12.1 Å². The SMILES string of the molecule is COc1ccc(Cl)cc1NC(=O)[C@H](C)NC(=O)c1ccc(Cl)c([N+](=O)[O-])c1. The molecular weight excluding hydrogens is 397 g/mol. The van der Waals surface area contributed by atoms with Gasteiger partial charge in [0, 0.05) is 16.7 Å². The summed E-state index contributed by atoms with van der Waals surface area (Å²) >= 11 is 11.6. The van der Waals surface area contributed by atoms with Crippen molar-refractivity contribution in [2.24, 2.45) is 0 Å². The van der Waals surface area contributed by atoms with E-state index in [2.05, 4.69) is 10.6 Å². The van der Waals surface area contributed by atoms with Gasteiger partial charge < -0.3 is 15.4 Å². The van der Waals surface area contributed by atoms with Gasteiger partial charge in [-0.2, -0.15) is 0 Å². The molecule has 0 spiro atoms. The molecule has 0 aliphatic carbocycles. The molecule has 0 bridgehead atoms. The highest BCUT2D eigenvalue weighted by atomic mass is 35.5. The van der Waals surface area contributed by atoms with E-state index in [9.17, 15) is 19.7 Å². The Kier molecular flexibility index (Phi) is 6.59. The first kappa shape index (κ1) is 20.5. The van der Waals surface area contributed by atoms with Crippen LogP contribution in [-0.4, -0.2) is 29.9 Å². The van der Waals surface area contributed by atoms with Crippen LogP contribution < -0.4 is 15.4 Å². The summed E-state index contributed by atoms with van der Waals surface area (Å²) in [6.07, 6.45) is 0. The number of methoxy groups -OCH3 is 1. The lowest BCUT2D eigenvalue weighted by atomic mass is 10.1. The molecule has 0 aliphatic heterocycles. The van der Waals surface area contributed by atoms with Crippen LogP contribution in [0.2, 0.25) is 10.0 Å². The molecule has 0 fully saturated rings. The lowest BCUT2D eigenvalue weighted by Gasteiger charge is -2.16. The summed E-state index contributed by atoms with van der Waals surface area (Å²) < 4.78 is 5.14. The van der Waals surface area contributed by atoms with Crippen molar-refractivity contribution in [1.29, 1.82) is 0 Å². The van der Waals surface area contributed by atoms with Crippen LogP contribution in [0, 0.1) is 10.1 Å². The summed E-state index contributed by atoms with van der Waals surface area (Å²) in [6.45, 7) is 1.47. The average molecular weight is 412 g/mol. The van der Waals surface area contributed by atoms with Crippen molar-refractivity contribution in [3.8, 4) is 5.75 Å². The minimum absolute atomic E-state index is 0.00564. The first-order valence-corrected chi connectivity index (χ1v) is 8.37. The maximum Gasteiger partial charge on any atom is 0.288 e. The van der Waals surface area contributed by atoms with E-state index in [-0.39, 0.29) is 10.6 Å². The van der Waals surface area contributed by atoms with Gasteiger partial charge >= 0.3 is 0 Å². The zero-order valence-electron chi connectivity index (χ0n) is 14.3. The van der Waals surface area contributed by atoms with E-state index in [4.69, 9.17) is 27.9 Å². The van der Waals surface area contributed by atoms with E-state index in [1.807, 2.05) is 0 Å². The maximum absolute atomic E-state index is 12.3. The van der Waals surface area contributed by atoms with Crippen LogP contribution in [0.15, 0.2) is 36.4 Å². The molecule has 2 N–H and O–H groups in total. The molecule has 0 aliphatic rings. The van der Waals surface area contributed by atoms with Crippen LogP contribution in [0.5, 0.6) is 5.75 Å². The number of benzene rings is 2. The molecule has 0 unspecified atom stereocenters. The van der Waals surface area contributed by atoms with Crippen molar-refractivity contribution in [1.82, 2.24) is 5.32 Å². The number of anilines is 1. The Morgan fingerprint density at radius 1 is 1.19 bits per heavy atom.